The van der Waals surface area contributed by atoms with E-state index in [0.717, 1.165) is 12.8 Å². The van der Waals surface area contributed by atoms with Gasteiger partial charge in [-0.05, 0) is 30.1 Å². The normalized spacial score (nSPS) is 43.5. The number of hydrogen-bond donors (Lipinski definition) is 1. The summed E-state index contributed by atoms with van der Waals surface area (Å²) in [5, 5.41) is 9.84. The Balaban J connectivity index is 2.17. The molecule has 15 heavy (non-hydrogen) atoms. The Kier molecular flexibility index (Phi) is 2.60. The van der Waals surface area contributed by atoms with Crippen LogP contribution in [0.2, 0.25) is 0 Å². The maximum absolute atomic E-state index is 11.1. The number of halogens is 1. The summed E-state index contributed by atoms with van der Waals surface area (Å²) in [6.07, 6.45) is 1.28. The number of aliphatic hydroxyl groups excluding tert-OH is 1. The highest BCUT2D eigenvalue weighted by Crippen LogP contribution is 2.61. The summed E-state index contributed by atoms with van der Waals surface area (Å²) in [7, 11) is 1.77. The third-order valence-electron chi connectivity index (χ3n) is 4.47. The van der Waals surface area contributed by atoms with Crippen LogP contribution in [-0.2, 0) is 9.05 Å². The van der Waals surface area contributed by atoms with Gasteiger partial charge < -0.3 is 5.11 Å². The Hall–Kier alpha value is 0.200. The predicted octanol–water partition coefficient (Wildman–Crippen LogP) is 1.60. The topological polar surface area (TPSA) is 54.4 Å². The van der Waals surface area contributed by atoms with Crippen molar-refractivity contribution in [3.05, 3.63) is 0 Å². The summed E-state index contributed by atoms with van der Waals surface area (Å²) in [6.45, 7) is 4.32. The van der Waals surface area contributed by atoms with Crippen molar-refractivity contribution in [2.24, 2.45) is 23.2 Å². The van der Waals surface area contributed by atoms with E-state index >= 15 is 0 Å². The smallest absolute Gasteiger partial charge is 0.232 e. The van der Waals surface area contributed by atoms with Crippen molar-refractivity contribution in [1.82, 2.24) is 0 Å². The lowest BCUT2D eigenvalue weighted by Crippen LogP contribution is -2.58. The molecular weight excluding hydrogens is 236 g/mol. The second-order valence-electron chi connectivity index (χ2n) is 5.53. The largest absolute Gasteiger partial charge is 0.393 e. The van der Waals surface area contributed by atoms with Crippen LogP contribution >= 0.6 is 10.7 Å². The minimum atomic E-state index is -3.50. The summed E-state index contributed by atoms with van der Waals surface area (Å²) >= 11 is 0. The molecule has 3 nitrogen and oxygen atoms in total. The Bertz CT molecular complexity index is 363. The minimum absolute atomic E-state index is 0.0868. The molecule has 5 heteroatoms. The van der Waals surface area contributed by atoms with Gasteiger partial charge in [-0.2, -0.15) is 0 Å². The van der Waals surface area contributed by atoms with Gasteiger partial charge >= 0.3 is 0 Å². The van der Waals surface area contributed by atoms with Gasteiger partial charge in [-0.1, -0.05) is 13.8 Å². The third-order valence-corrected chi connectivity index (χ3v) is 5.64. The SMILES string of the molecule is CC1(C)[C@H]2C[C@H](O)[C@@H](CS(=O)(=O)Cl)[C@@H]1C2. The van der Waals surface area contributed by atoms with Gasteiger partial charge in [0.2, 0.25) is 9.05 Å². The summed E-state index contributed by atoms with van der Waals surface area (Å²) in [5.74, 6) is 0.593. The van der Waals surface area contributed by atoms with Crippen LogP contribution < -0.4 is 0 Å². The summed E-state index contributed by atoms with van der Waals surface area (Å²) in [5.41, 5.74) is 0.172. The monoisotopic (exact) mass is 252 g/mol. The molecule has 1 N–H and O–H groups in total. The van der Waals surface area contributed by atoms with Gasteiger partial charge in [0.15, 0.2) is 0 Å². The van der Waals surface area contributed by atoms with Crippen LogP contribution in [0.1, 0.15) is 26.7 Å². The first kappa shape index (κ1) is 11.7. The van der Waals surface area contributed by atoms with Crippen LogP contribution in [0.5, 0.6) is 0 Å². The fourth-order valence-corrected chi connectivity index (χ4v) is 4.72. The molecule has 2 bridgehead atoms. The molecular formula is C10H17ClO3S. The van der Waals surface area contributed by atoms with E-state index in [2.05, 4.69) is 13.8 Å². The second kappa shape index (κ2) is 3.34. The summed E-state index contributed by atoms with van der Waals surface area (Å²) in [6, 6.07) is 0. The molecule has 0 aromatic rings. The van der Waals surface area contributed by atoms with E-state index in [1.54, 1.807) is 0 Å². The van der Waals surface area contributed by atoms with Crippen LogP contribution in [0.4, 0.5) is 0 Å². The Morgan fingerprint density at radius 1 is 1.40 bits per heavy atom. The second-order valence-corrected chi connectivity index (χ2v) is 8.35. The Morgan fingerprint density at radius 3 is 2.47 bits per heavy atom. The van der Waals surface area contributed by atoms with Crippen molar-refractivity contribution >= 4 is 19.7 Å². The zero-order valence-corrected chi connectivity index (χ0v) is 10.6. The van der Waals surface area contributed by atoms with Gasteiger partial charge in [-0.25, -0.2) is 8.42 Å². The van der Waals surface area contributed by atoms with E-state index in [0.29, 0.717) is 11.8 Å². The van der Waals surface area contributed by atoms with E-state index in [1.165, 1.54) is 0 Å². The van der Waals surface area contributed by atoms with Crippen molar-refractivity contribution in [2.75, 3.05) is 5.75 Å². The first-order valence-corrected chi connectivity index (χ1v) is 7.80. The standard InChI is InChI=1S/C10H17ClO3S/c1-10(2)6-3-8(10)7(9(12)4-6)5-15(11,13)14/h6-9,12H,3-5H2,1-2H3/t6-,7+,8+,9+/m1/s1. The molecule has 3 rings (SSSR count). The van der Waals surface area contributed by atoms with Crippen molar-refractivity contribution in [1.29, 1.82) is 0 Å². The molecule has 0 heterocycles. The highest BCUT2D eigenvalue weighted by Gasteiger charge is 2.57. The Morgan fingerprint density at radius 2 is 2.00 bits per heavy atom. The van der Waals surface area contributed by atoms with E-state index in [1.807, 2.05) is 0 Å². The molecule has 3 aliphatic rings. The predicted molar refractivity (Wildman–Crippen MR) is 59.1 cm³/mol. The lowest BCUT2D eigenvalue weighted by atomic mass is 9.45. The lowest BCUT2D eigenvalue weighted by Gasteiger charge is -2.61. The molecule has 0 aromatic heterocycles. The van der Waals surface area contributed by atoms with E-state index < -0.39 is 15.2 Å². The van der Waals surface area contributed by atoms with E-state index in [9.17, 15) is 13.5 Å². The van der Waals surface area contributed by atoms with Crippen LogP contribution in [0.25, 0.3) is 0 Å². The number of fused-ring (bicyclic) bond motifs is 2. The fraction of sp³-hybridized carbons (Fsp3) is 1.00. The fourth-order valence-electron chi connectivity index (χ4n) is 3.37. The number of hydrogen-bond acceptors (Lipinski definition) is 3. The Labute approximate surface area is 95.2 Å². The van der Waals surface area contributed by atoms with Crippen LogP contribution in [0, 0.1) is 23.2 Å². The van der Waals surface area contributed by atoms with Crippen molar-refractivity contribution in [3.8, 4) is 0 Å². The van der Waals surface area contributed by atoms with E-state index in [4.69, 9.17) is 10.7 Å². The van der Waals surface area contributed by atoms with Crippen molar-refractivity contribution in [2.45, 2.75) is 32.8 Å². The molecule has 3 fully saturated rings. The van der Waals surface area contributed by atoms with Crippen molar-refractivity contribution < 1.29 is 13.5 Å². The van der Waals surface area contributed by atoms with Gasteiger partial charge in [0.1, 0.15) is 0 Å². The average Bonchev–Trinajstić information content (AvgIpc) is 2.05. The molecule has 0 aliphatic heterocycles. The molecule has 0 amide bonds. The van der Waals surface area contributed by atoms with Crippen LogP contribution in [-0.4, -0.2) is 25.4 Å². The third kappa shape index (κ3) is 1.92. The molecule has 3 aliphatic carbocycles. The molecule has 0 radical (unpaired) electrons. The molecule has 0 unspecified atom stereocenters. The minimum Gasteiger partial charge on any atom is -0.393 e. The highest BCUT2D eigenvalue weighted by atomic mass is 35.7. The first-order valence-electron chi connectivity index (χ1n) is 5.32. The lowest BCUT2D eigenvalue weighted by molar-refractivity contribution is -0.153. The molecule has 0 spiro atoms. The van der Waals surface area contributed by atoms with E-state index in [-0.39, 0.29) is 17.1 Å². The summed E-state index contributed by atoms with van der Waals surface area (Å²) in [4.78, 5) is 0. The average molecular weight is 253 g/mol. The van der Waals surface area contributed by atoms with Crippen LogP contribution in [0.15, 0.2) is 0 Å². The zero-order valence-electron chi connectivity index (χ0n) is 8.98. The molecule has 4 atom stereocenters. The van der Waals surface area contributed by atoms with Gasteiger partial charge in [0.05, 0.1) is 11.9 Å². The highest BCUT2D eigenvalue weighted by molar-refractivity contribution is 8.13. The van der Waals surface area contributed by atoms with Gasteiger partial charge in [-0.15, -0.1) is 0 Å². The molecule has 0 saturated heterocycles. The number of rotatable bonds is 2. The van der Waals surface area contributed by atoms with Crippen molar-refractivity contribution in [3.63, 3.8) is 0 Å². The maximum atomic E-state index is 11.1. The number of aliphatic hydroxyl groups is 1. The summed E-state index contributed by atoms with van der Waals surface area (Å²) < 4.78 is 22.1. The quantitative estimate of drug-likeness (QED) is 0.760. The first-order chi connectivity index (χ1) is 6.72. The van der Waals surface area contributed by atoms with Crippen LogP contribution in [0.3, 0.4) is 0 Å². The van der Waals surface area contributed by atoms with Gasteiger partial charge in [0, 0.05) is 16.6 Å². The molecule has 3 saturated carbocycles. The van der Waals surface area contributed by atoms with Gasteiger partial charge in [0.25, 0.3) is 0 Å². The molecule has 88 valence electrons. The zero-order chi connectivity index (χ0) is 11.4. The van der Waals surface area contributed by atoms with Gasteiger partial charge in [-0.3, -0.25) is 0 Å². The molecule has 0 aromatic carbocycles. The maximum Gasteiger partial charge on any atom is 0.232 e.